The van der Waals surface area contributed by atoms with Crippen molar-refractivity contribution in [1.82, 2.24) is 14.9 Å². The highest BCUT2D eigenvalue weighted by Gasteiger charge is 2.25. The van der Waals surface area contributed by atoms with Crippen LogP contribution >= 0.6 is 0 Å². The van der Waals surface area contributed by atoms with Crippen molar-refractivity contribution in [1.29, 1.82) is 0 Å². The Balaban J connectivity index is 2.21. The van der Waals surface area contributed by atoms with Gasteiger partial charge < -0.3 is 9.88 Å². The van der Waals surface area contributed by atoms with Crippen molar-refractivity contribution in [2.75, 3.05) is 0 Å². The van der Waals surface area contributed by atoms with E-state index < -0.39 is 0 Å². The van der Waals surface area contributed by atoms with Gasteiger partial charge in [-0.15, -0.1) is 0 Å². The van der Waals surface area contributed by atoms with Crippen LogP contribution in [-0.4, -0.2) is 21.5 Å². The van der Waals surface area contributed by atoms with Crippen LogP contribution in [0, 0.1) is 6.92 Å². The van der Waals surface area contributed by atoms with Crippen LogP contribution in [0.15, 0.2) is 0 Å². The summed E-state index contributed by atoms with van der Waals surface area (Å²) >= 11 is 0. The minimum Gasteiger partial charge on any atom is -0.352 e. The van der Waals surface area contributed by atoms with E-state index in [1.54, 1.807) is 0 Å². The zero-order chi connectivity index (χ0) is 14.0. The van der Waals surface area contributed by atoms with Crippen molar-refractivity contribution in [3.63, 3.8) is 0 Å². The van der Waals surface area contributed by atoms with E-state index in [1.807, 2.05) is 20.8 Å². The average Bonchev–Trinajstić information content (AvgIpc) is 2.73. The lowest BCUT2D eigenvalue weighted by molar-refractivity contribution is -0.124. The van der Waals surface area contributed by atoms with Gasteiger partial charge in [0.2, 0.25) is 5.91 Å². The van der Waals surface area contributed by atoms with Gasteiger partial charge in [-0.05, 0) is 52.9 Å². The summed E-state index contributed by atoms with van der Waals surface area (Å²) in [4.78, 5) is 16.9. The van der Waals surface area contributed by atoms with Gasteiger partial charge in [-0.1, -0.05) is 6.92 Å². The maximum atomic E-state index is 12.3. The minimum absolute atomic E-state index is 0.100. The van der Waals surface area contributed by atoms with Crippen LogP contribution in [0.1, 0.15) is 63.3 Å². The number of carbonyl (C=O) groups excluding carboxylic acids is 1. The normalized spacial score (nSPS) is 17.7. The van der Waals surface area contributed by atoms with Crippen molar-refractivity contribution >= 4 is 5.91 Å². The van der Waals surface area contributed by atoms with Crippen LogP contribution in [0.2, 0.25) is 0 Å². The van der Waals surface area contributed by atoms with Gasteiger partial charge in [0, 0.05) is 11.7 Å². The third kappa shape index (κ3) is 2.82. The summed E-state index contributed by atoms with van der Waals surface area (Å²) in [6.07, 6.45) is 5.49. The Bertz CT molecular complexity index is 464. The second kappa shape index (κ2) is 5.76. The molecule has 1 amide bonds. The molecular formula is C15H25N3O. The number of amides is 1. The Morgan fingerprint density at radius 3 is 2.74 bits per heavy atom. The molecule has 0 spiro atoms. The topological polar surface area (TPSA) is 46.9 Å². The lowest BCUT2D eigenvalue weighted by Crippen LogP contribution is -2.37. The number of aromatic nitrogens is 2. The molecule has 106 valence electrons. The summed E-state index contributed by atoms with van der Waals surface area (Å²) in [6.45, 7) is 8.10. The molecule has 0 radical (unpaired) electrons. The van der Waals surface area contributed by atoms with Crippen LogP contribution in [0.25, 0.3) is 0 Å². The third-order valence-corrected chi connectivity index (χ3v) is 4.11. The Labute approximate surface area is 115 Å². The molecule has 0 bridgehead atoms. The van der Waals surface area contributed by atoms with E-state index in [1.165, 1.54) is 24.2 Å². The number of nitrogens with zero attached hydrogens (tertiary/aromatic N) is 2. The van der Waals surface area contributed by atoms with Crippen LogP contribution in [0.4, 0.5) is 0 Å². The minimum atomic E-state index is -0.164. The quantitative estimate of drug-likeness (QED) is 0.907. The highest BCUT2D eigenvalue weighted by molar-refractivity contribution is 5.80. The maximum absolute atomic E-state index is 12.3. The molecule has 2 atom stereocenters. The second-order valence-corrected chi connectivity index (χ2v) is 5.62. The van der Waals surface area contributed by atoms with Gasteiger partial charge in [0.15, 0.2) is 0 Å². The highest BCUT2D eigenvalue weighted by Crippen LogP contribution is 2.25. The van der Waals surface area contributed by atoms with Crippen LogP contribution in [-0.2, 0) is 17.6 Å². The molecule has 4 nitrogen and oxygen atoms in total. The van der Waals surface area contributed by atoms with Crippen LogP contribution in [0.5, 0.6) is 0 Å². The molecule has 1 aromatic heterocycles. The standard InChI is InChI=1S/C15H25N3O/c1-5-10(2)16-15(19)11(3)18-12(4)17-13-8-6-7-9-14(13)18/h10-11H,5-9H2,1-4H3,(H,16,19). The largest absolute Gasteiger partial charge is 0.352 e. The van der Waals surface area contributed by atoms with E-state index in [0.29, 0.717) is 0 Å². The average molecular weight is 263 g/mol. The van der Waals surface area contributed by atoms with Crippen molar-refractivity contribution in [2.45, 2.75) is 71.9 Å². The fourth-order valence-corrected chi connectivity index (χ4v) is 2.79. The lowest BCUT2D eigenvalue weighted by Gasteiger charge is -2.22. The van der Waals surface area contributed by atoms with E-state index in [9.17, 15) is 4.79 Å². The maximum Gasteiger partial charge on any atom is 0.243 e. The molecule has 0 saturated heterocycles. The predicted molar refractivity (Wildman–Crippen MR) is 76.2 cm³/mol. The van der Waals surface area contributed by atoms with Gasteiger partial charge in [-0.25, -0.2) is 4.98 Å². The Hall–Kier alpha value is -1.32. The van der Waals surface area contributed by atoms with Crippen LogP contribution in [0.3, 0.4) is 0 Å². The SMILES string of the molecule is CCC(C)NC(=O)C(C)n1c(C)nc2c1CCCC2. The summed E-state index contributed by atoms with van der Waals surface area (Å²) in [5, 5.41) is 3.06. The van der Waals surface area contributed by atoms with Gasteiger partial charge >= 0.3 is 0 Å². The molecule has 0 saturated carbocycles. The molecule has 1 aromatic rings. The Kier molecular flexibility index (Phi) is 4.27. The molecule has 1 aliphatic carbocycles. The molecule has 1 N–H and O–H groups in total. The van der Waals surface area contributed by atoms with Crippen molar-refractivity contribution in [3.8, 4) is 0 Å². The smallest absolute Gasteiger partial charge is 0.243 e. The number of fused-ring (bicyclic) bond motifs is 1. The van der Waals surface area contributed by atoms with Gasteiger partial charge in [-0.2, -0.15) is 0 Å². The van der Waals surface area contributed by atoms with Crippen molar-refractivity contribution in [3.05, 3.63) is 17.2 Å². The van der Waals surface area contributed by atoms with Gasteiger partial charge in [-0.3, -0.25) is 4.79 Å². The summed E-state index contributed by atoms with van der Waals surface area (Å²) in [5.41, 5.74) is 2.47. The molecule has 0 aliphatic heterocycles. The molecule has 2 unspecified atom stereocenters. The number of hydrogen-bond acceptors (Lipinski definition) is 2. The number of imidazole rings is 1. The molecule has 4 heteroatoms. The van der Waals surface area contributed by atoms with Gasteiger partial charge in [0.1, 0.15) is 11.9 Å². The molecule has 1 aliphatic rings. The molecule has 0 aromatic carbocycles. The molecule has 2 rings (SSSR count). The van der Waals surface area contributed by atoms with E-state index in [4.69, 9.17) is 0 Å². The second-order valence-electron chi connectivity index (χ2n) is 5.62. The number of hydrogen-bond donors (Lipinski definition) is 1. The van der Waals surface area contributed by atoms with E-state index in [0.717, 1.165) is 25.1 Å². The van der Waals surface area contributed by atoms with Crippen LogP contribution < -0.4 is 5.32 Å². The van der Waals surface area contributed by atoms with Crippen molar-refractivity contribution < 1.29 is 4.79 Å². The van der Waals surface area contributed by atoms with Gasteiger partial charge in [0.05, 0.1) is 5.69 Å². The van der Waals surface area contributed by atoms with E-state index in [2.05, 4.69) is 21.8 Å². The number of aryl methyl sites for hydroxylation is 2. The fraction of sp³-hybridized carbons (Fsp3) is 0.733. The zero-order valence-corrected chi connectivity index (χ0v) is 12.5. The Morgan fingerprint density at radius 2 is 2.05 bits per heavy atom. The number of nitrogens with one attached hydrogen (secondary N) is 1. The molecule has 0 fully saturated rings. The Morgan fingerprint density at radius 1 is 1.37 bits per heavy atom. The lowest BCUT2D eigenvalue weighted by atomic mass is 10.0. The number of carbonyl (C=O) groups is 1. The van der Waals surface area contributed by atoms with E-state index >= 15 is 0 Å². The first-order chi connectivity index (χ1) is 9.04. The third-order valence-electron chi connectivity index (χ3n) is 4.11. The first-order valence-electron chi connectivity index (χ1n) is 7.41. The fourth-order valence-electron chi connectivity index (χ4n) is 2.79. The first kappa shape index (κ1) is 14.1. The molecule has 1 heterocycles. The highest BCUT2D eigenvalue weighted by atomic mass is 16.2. The number of rotatable bonds is 4. The van der Waals surface area contributed by atoms with Gasteiger partial charge in [0.25, 0.3) is 0 Å². The first-order valence-corrected chi connectivity index (χ1v) is 7.41. The summed E-state index contributed by atoms with van der Waals surface area (Å²) in [5.74, 6) is 1.07. The molecular weight excluding hydrogens is 238 g/mol. The monoisotopic (exact) mass is 263 g/mol. The predicted octanol–water partition coefficient (Wildman–Crippen LogP) is 2.55. The van der Waals surface area contributed by atoms with Crippen molar-refractivity contribution in [2.24, 2.45) is 0 Å². The zero-order valence-electron chi connectivity index (χ0n) is 12.5. The summed E-state index contributed by atoms with van der Waals surface area (Å²) in [7, 11) is 0. The van der Waals surface area contributed by atoms with E-state index in [-0.39, 0.29) is 18.0 Å². The molecule has 19 heavy (non-hydrogen) atoms. The summed E-state index contributed by atoms with van der Waals surface area (Å²) in [6, 6.07) is 0.0675. The summed E-state index contributed by atoms with van der Waals surface area (Å²) < 4.78 is 2.13.